The molecule has 1 unspecified atom stereocenters. The van der Waals surface area contributed by atoms with Crippen LogP contribution in [0, 0.1) is 5.82 Å². The van der Waals surface area contributed by atoms with Gasteiger partial charge in [0, 0.05) is 11.3 Å². The lowest BCUT2D eigenvalue weighted by molar-refractivity contribution is -0.136. The topological polar surface area (TPSA) is 56.1 Å². The van der Waals surface area contributed by atoms with Crippen LogP contribution in [-0.2, 0) is 9.53 Å². The molecule has 0 bridgehead atoms. The number of ether oxygens (including phenoxy) is 1. The van der Waals surface area contributed by atoms with Crippen LogP contribution in [0.2, 0.25) is 0 Å². The molecule has 0 spiro atoms. The van der Waals surface area contributed by atoms with Crippen LogP contribution >= 0.6 is 0 Å². The smallest absolute Gasteiger partial charge is 0.337 e. The van der Waals surface area contributed by atoms with Gasteiger partial charge in [0.2, 0.25) is 5.95 Å². The number of rotatable bonds is 2. The number of methoxy groups -OCH3 is 1. The van der Waals surface area contributed by atoms with E-state index < -0.39 is 12.0 Å². The van der Waals surface area contributed by atoms with E-state index in [9.17, 15) is 9.18 Å². The van der Waals surface area contributed by atoms with Gasteiger partial charge in [-0.3, -0.25) is 4.57 Å². The third-order valence-corrected chi connectivity index (χ3v) is 4.44. The van der Waals surface area contributed by atoms with E-state index in [1.807, 2.05) is 28.8 Å². The third kappa shape index (κ3) is 2.29. The zero-order chi connectivity index (χ0) is 17.6. The second kappa shape index (κ2) is 5.73. The maximum absolute atomic E-state index is 14.6. The van der Waals surface area contributed by atoms with E-state index in [4.69, 9.17) is 4.74 Å². The average molecular weight is 337 g/mol. The molecule has 1 N–H and O–H groups in total. The highest BCUT2D eigenvalue weighted by molar-refractivity contribution is 5.94. The van der Waals surface area contributed by atoms with Crippen LogP contribution in [0.3, 0.4) is 0 Å². The van der Waals surface area contributed by atoms with Gasteiger partial charge in [-0.2, -0.15) is 0 Å². The van der Waals surface area contributed by atoms with E-state index in [1.54, 1.807) is 25.1 Å². The summed E-state index contributed by atoms with van der Waals surface area (Å²) in [5.41, 5.74) is 2.94. The van der Waals surface area contributed by atoms with Gasteiger partial charge in [0.05, 0.1) is 29.8 Å². The van der Waals surface area contributed by atoms with E-state index in [1.165, 1.54) is 13.2 Å². The molecular formula is C19H16FN3O2. The molecule has 5 nitrogen and oxygen atoms in total. The van der Waals surface area contributed by atoms with Crippen molar-refractivity contribution >= 4 is 23.0 Å². The summed E-state index contributed by atoms with van der Waals surface area (Å²) < 4.78 is 21.4. The van der Waals surface area contributed by atoms with Crippen LogP contribution in [0.15, 0.2) is 59.8 Å². The summed E-state index contributed by atoms with van der Waals surface area (Å²) in [5.74, 6) is -0.311. The fourth-order valence-corrected chi connectivity index (χ4v) is 3.33. The van der Waals surface area contributed by atoms with Crippen LogP contribution < -0.4 is 5.32 Å². The number of hydrogen-bond acceptors (Lipinski definition) is 4. The number of nitrogens with zero attached hydrogens (tertiary/aromatic N) is 2. The molecule has 0 saturated carbocycles. The minimum Gasteiger partial charge on any atom is -0.466 e. The Labute approximate surface area is 143 Å². The molecule has 1 aliphatic rings. The number of esters is 1. The number of anilines is 1. The Morgan fingerprint density at radius 2 is 1.92 bits per heavy atom. The molecule has 4 rings (SSSR count). The van der Waals surface area contributed by atoms with Gasteiger partial charge in [0.25, 0.3) is 0 Å². The Hall–Kier alpha value is -3.15. The minimum atomic E-state index is -0.655. The number of fused-ring (bicyclic) bond motifs is 3. The second-order valence-electron chi connectivity index (χ2n) is 5.87. The van der Waals surface area contributed by atoms with E-state index in [2.05, 4.69) is 10.3 Å². The Balaban J connectivity index is 2.05. The molecule has 2 aromatic carbocycles. The molecule has 0 radical (unpaired) electrons. The van der Waals surface area contributed by atoms with Crippen molar-refractivity contribution in [1.29, 1.82) is 0 Å². The fraction of sp³-hybridized carbons (Fsp3) is 0.158. The molecule has 0 saturated heterocycles. The van der Waals surface area contributed by atoms with Gasteiger partial charge in [-0.25, -0.2) is 14.2 Å². The number of imidazole rings is 1. The zero-order valence-electron chi connectivity index (χ0n) is 13.8. The zero-order valence-corrected chi connectivity index (χ0v) is 13.8. The Morgan fingerprint density at radius 3 is 2.68 bits per heavy atom. The summed E-state index contributed by atoms with van der Waals surface area (Å²) >= 11 is 0. The monoisotopic (exact) mass is 337 g/mol. The number of carbonyl (C=O) groups is 1. The van der Waals surface area contributed by atoms with Gasteiger partial charge < -0.3 is 10.1 Å². The maximum Gasteiger partial charge on any atom is 0.337 e. The number of hydrogen-bond donors (Lipinski definition) is 1. The van der Waals surface area contributed by atoms with E-state index in [0.717, 1.165) is 11.0 Å². The standard InChI is InChI=1S/C19H16FN3O2/c1-11-16(18(24)25-2)17(12-7-3-4-8-13(12)20)23-15-10-6-5-9-14(15)22-19(23)21-11/h3-10,17H,1-2H3,(H,21,22). The van der Waals surface area contributed by atoms with Crippen LogP contribution in [0.4, 0.5) is 10.3 Å². The highest BCUT2D eigenvalue weighted by Crippen LogP contribution is 2.40. The molecule has 1 aromatic heterocycles. The predicted molar refractivity (Wildman–Crippen MR) is 92.6 cm³/mol. The summed E-state index contributed by atoms with van der Waals surface area (Å²) in [4.78, 5) is 17.0. The molecular weight excluding hydrogens is 321 g/mol. The van der Waals surface area contributed by atoms with Gasteiger partial charge in [-0.05, 0) is 25.1 Å². The van der Waals surface area contributed by atoms with Crippen LogP contribution in [0.1, 0.15) is 18.5 Å². The van der Waals surface area contributed by atoms with Crippen LogP contribution in [0.5, 0.6) is 0 Å². The SMILES string of the molecule is COC(=O)C1=C(C)Nc2nc3ccccc3n2C1c1ccccc1F. The first kappa shape index (κ1) is 15.4. The van der Waals surface area contributed by atoms with Crippen molar-refractivity contribution in [1.82, 2.24) is 9.55 Å². The number of allylic oxidation sites excluding steroid dienone is 1. The first-order valence-corrected chi connectivity index (χ1v) is 7.89. The number of carbonyl (C=O) groups excluding carboxylic acids is 1. The number of halogens is 1. The van der Waals surface area contributed by atoms with Gasteiger partial charge in [-0.15, -0.1) is 0 Å². The first-order chi connectivity index (χ1) is 12.1. The van der Waals surface area contributed by atoms with Crippen LogP contribution in [-0.4, -0.2) is 22.6 Å². The number of nitrogens with one attached hydrogen (secondary N) is 1. The van der Waals surface area contributed by atoms with E-state index >= 15 is 0 Å². The van der Waals surface area contributed by atoms with Crippen molar-refractivity contribution in [2.75, 3.05) is 12.4 Å². The lowest BCUT2D eigenvalue weighted by Crippen LogP contribution is -2.29. The van der Waals surface area contributed by atoms with Gasteiger partial charge in [0.15, 0.2) is 0 Å². The highest BCUT2D eigenvalue weighted by Gasteiger charge is 2.35. The largest absolute Gasteiger partial charge is 0.466 e. The Kier molecular flexibility index (Phi) is 3.53. The maximum atomic E-state index is 14.6. The molecule has 1 atom stereocenters. The quantitative estimate of drug-likeness (QED) is 0.726. The van der Waals surface area contributed by atoms with E-state index in [-0.39, 0.29) is 5.82 Å². The summed E-state index contributed by atoms with van der Waals surface area (Å²) in [6.07, 6.45) is 0. The molecule has 2 heterocycles. The van der Waals surface area contributed by atoms with Crippen molar-refractivity contribution < 1.29 is 13.9 Å². The average Bonchev–Trinajstić information content (AvgIpc) is 2.98. The molecule has 0 aliphatic carbocycles. The number of para-hydroxylation sites is 2. The van der Waals surface area contributed by atoms with E-state index in [0.29, 0.717) is 22.8 Å². The van der Waals surface area contributed by atoms with Crippen molar-refractivity contribution in [3.63, 3.8) is 0 Å². The molecule has 6 heteroatoms. The number of benzene rings is 2. The number of aromatic nitrogens is 2. The summed E-state index contributed by atoms with van der Waals surface area (Å²) in [5, 5.41) is 3.14. The lowest BCUT2D eigenvalue weighted by atomic mass is 9.94. The Morgan fingerprint density at radius 1 is 1.20 bits per heavy atom. The van der Waals surface area contributed by atoms with Gasteiger partial charge in [0.1, 0.15) is 5.82 Å². The van der Waals surface area contributed by atoms with Crippen molar-refractivity contribution in [3.8, 4) is 0 Å². The molecule has 25 heavy (non-hydrogen) atoms. The van der Waals surface area contributed by atoms with Gasteiger partial charge >= 0.3 is 5.97 Å². The summed E-state index contributed by atoms with van der Waals surface area (Å²) in [6, 6.07) is 13.4. The molecule has 0 amide bonds. The third-order valence-electron chi connectivity index (χ3n) is 4.44. The van der Waals surface area contributed by atoms with Crippen molar-refractivity contribution in [3.05, 3.63) is 71.2 Å². The minimum absolute atomic E-state index is 0.364. The lowest BCUT2D eigenvalue weighted by Gasteiger charge is -2.30. The molecule has 126 valence electrons. The second-order valence-corrected chi connectivity index (χ2v) is 5.87. The summed E-state index contributed by atoms with van der Waals surface area (Å²) in [7, 11) is 1.32. The molecule has 3 aromatic rings. The predicted octanol–water partition coefficient (Wildman–Crippen LogP) is 3.64. The molecule has 1 aliphatic heterocycles. The fourth-order valence-electron chi connectivity index (χ4n) is 3.33. The molecule has 0 fully saturated rings. The van der Waals surface area contributed by atoms with Crippen LogP contribution in [0.25, 0.3) is 11.0 Å². The van der Waals surface area contributed by atoms with Crippen molar-refractivity contribution in [2.24, 2.45) is 0 Å². The first-order valence-electron chi connectivity index (χ1n) is 7.89. The summed E-state index contributed by atoms with van der Waals surface area (Å²) in [6.45, 7) is 1.77. The normalized spacial score (nSPS) is 16.5. The highest BCUT2D eigenvalue weighted by atomic mass is 19.1. The Bertz CT molecular complexity index is 1020. The van der Waals surface area contributed by atoms with Gasteiger partial charge in [-0.1, -0.05) is 30.3 Å². The van der Waals surface area contributed by atoms with Crippen molar-refractivity contribution in [2.45, 2.75) is 13.0 Å².